The fourth-order valence-electron chi connectivity index (χ4n) is 5.19. The molecule has 1 aliphatic rings. The van der Waals surface area contributed by atoms with E-state index in [2.05, 4.69) is 4.98 Å². The van der Waals surface area contributed by atoms with Gasteiger partial charge in [-0.1, -0.05) is 12.1 Å². The van der Waals surface area contributed by atoms with E-state index >= 15 is 0 Å². The van der Waals surface area contributed by atoms with Gasteiger partial charge in [0.2, 0.25) is 11.8 Å². The predicted octanol–water partition coefficient (Wildman–Crippen LogP) is 5.36. The van der Waals surface area contributed by atoms with Gasteiger partial charge in [0, 0.05) is 49.9 Å². The molecule has 10 nitrogen and oxygen atoms in total. The number of carbonyl (C=O) groups excluding carboxylic acids is 2. The number of thioether (sulfide) groups is 1. The van der Waals surface area contributed by atoms with Crippen molar-refractivity contribution in [2.24, 2.45) is 0 Å². The summed E-state index contributed by atoms with van der Waals surface area (Å²) in [5, 5.41) is 24.5. The standard InChI is InChI=1S/C31H35FN4O6S/c1-31(2,3)42-30(40)35-15-13-34(14-16-35)22(37)11-17-43-29-24-23(26(38)25-21(27(24)41-4)6-5-12-33-25)28(39)36(29)18-19-7-9-20(32)10-8-19/h5-10,12,38-39H,11,13-18H2,1-4H3. The third kappa shape index (κ3) is 6.29. The molecule has 12 heteroatoms. The van der Waals surface area contributed by atoms with Crippen molar-refractivity contribution in [3.05, 3.63) is 54.0 Å². The van der Waals surface area contributed by atoms with Crippen LogP contribution < -0.4 is 4.74 Å². The monoisotopic (exact) mass is 610 g/mol. The number of halogens is 1. The van der Waals surface area contributed by atoms with E-state index in [9.17, 15) is 24.2 Å². The number of hydrogen-bond donors (Lipinski definition) is 2. The van der Waals surface area contributed by atoms with Gasteiger partial charge in [0.05, 0.1) is 29.5 Å². The van der Waals surface area contributed by atoms with Gasteiger partial charge in [0.25, 0.3) is 0 Å². The predicted molar refractivity (Wildman–Crippen MR) is 162 cm³/mol. The number of nitrogens with zero attached hydrogens (tertiary/aromatic N) is 4. The van der Waals surface area contributed by atoms with E-state index in [1.54, 1.807) is 44.8 Å². The summed E-state index contributed by atoms with van der Waals surface area (Å²) in [6.45, 7) is 7.25. The second-order valence-electron chi connectivity index (χ2n) is 11.3. The number of pyridine rings is 1. The Morgan fingerprint density at radius 3 is 2.35 bits per heavy atom. The molecule has 2 aromatic heterocycles. The van der Waals surface area contributed by atoms with Crippen LogP contribution in [0.25, 0.3) is 21.7 Å². The lowest BCUT2D eigenvalue weighted by molar-refractivity contribution is -0.132. The second kappa shape index (κ2) is 12.2. The van der Waals surface area contributed by atoms with E-state index in [0.29, 0.717) is 59.0 Å². The third-order valence-corrected chi connectivity index (χ3v) is 8.33. The Morgan fingerprint density at radius 2 is 1.70 bits per heavy atom. The Hall–Kier alpha value is -4.19. The van der Waals surface area contributed by atoms with Crippen molar-refractivity contribution in [3.63, 3.8) is 0 Å². The number of amides is 2. The van der Waals surface area contributed by atoms with Crippen LogP contribution in [0, 0.1) is 5.82 Å². The first-order chi connectivity index (χ1) is 20.5. The average Bonchev–Trinajstić information content (AvgIpc) is 3.24. The average molecular weight is 611 g/mol. The number of methoxy groups -OCH3 is 1. The highest BCUT2D eigenvalue weighted by atomic mass is 32.2. The third-order valence-electron chi connectivity index (χ3n) is 7.23. The number of hydrogen-bond acceptors (Lipinski definition) is 8. The number of carbonyl (C=O) groups is 2. The Labute approximate surface area is 253 Å². The molecule has 228 valence electrons. The lowest BCUT2D eigenvalue weighted by Crippen LogP contribution is -2.51. The maximum atomic E-state index is 13.6. The molecule has 0 saturated carbocycles. The largest absolute Gasteiger partial charge is 0.505 e. The van der Waals surface area contributed by atoms with E-state index in [1.807, 2.05) is 20.8 Å². The Kier molecular flexibility index (Phi) is 8.59. The molecule has 0 atom stereocenters. The van der Waals surface area contributed by atoms with E-state index in [-0.39, 0.29) is 47.8 Å². The second-order valence-corrected chi connectivity index (χ2v) is 12.4. The zero-order valence-electron chi connectivity index (χ0n) is 24.6. The lowest BCUT2D eigenvalue weighted by atomic mass is 10.1. The fraction of sp³-hybridized carbons (Fsp3) is 0.387. The molecule has 0 unspecified atom stereocenters. The van der Waals surface area contributed by atoms with Gasteiger partial charge in [-0.3, -0.25) is 9.78 Å². The van der Waals surface area contributed by atoms with Crippen molar-refractivity contribution in [2.45, 2.75) is 44.4 Å². The molecule has 1 saturated heterocycles. The van der Waals surface area contributed by atoms with Crippen LogP contribution in [-0.2, 0) is 16.1 Å². The van der Waals surface area contributed by atoms with E-state index in [0.717, 1.165) is 5.56 Å². The summed E-state index contributed by atoms with van der Waals surface area (Å²) in [5.74, 6) is 0.0315. The van der Waals surface area contributed by atoms with Crippen LogP contribution in [0.2, 0.25) is 0 Å². The molecule has 4 aromatic rings. The topological polar surface area (TPSA) is 117 Å². The summed E-state index contributed by atoms with van der Waals surface area (Å²) in [6, 6.07) is 9.47. The van der Waals surface area contributed by atoms with Gasteiger partial charge in [0.1, 0.15) is 22.7 Å². The highest BCUT2D eigenvalue weighted by Gasteiger charge is 2.29. The molecule has 0 bridgehead atoms. The molecule has 0 spiro atoms. The van der Waals surface area contributed by atoms with Crippen molar-refractivity contribution in [1.82, 2.24) is 19.4 Å². The minimum atomic E-state index is -0.587. The molecule has 2 aromatic carbocycles. The first kappa shape index (κ1) is 30.3. The zero-order valence-corrected chi connectivity index (χ0v) is 25.4. The number of aromatic nitrogens is 2. The quantitative estimate of drug-likeness (QED) is 0.269. The first-order valence-corrected chi connectivity index (χ1v) is 15.0. The minimum absolute atomic E-state index is 0.0500. The number of ether oxygens (including phenoxy) is 2. The number of fused-ring (bicyclic) bond motifs is 2. The van der Waals surface area contributed by atoms with Gasteiger partial charge in [-0.15, -0.1) is 11.8 Å². The summed E-state index contributed by atoms with van der Waals surface area (Å²) in [7, 11) is 1.52. The van der Waals surface area contributed by atoms with Crippen LogP contribution >= 0.6 is 11.8 Å². The van der Waals surface area contributed by atoms with Gasteiger partial charge >= 0.3 is 6.09 Å². The molecule has 0 radical (unpaired) electrons. The van der Waals surface area contributed by atoms with Crippen LogP contribution in [0.5, 0.6) is 17.4 Å². The summed E-state index contributed by atoms with van der Waals surface area (Å²) in [4.78, 5) is 33.2. The SMILES string of the molecule is COc1c2cccnc2c(O)c2c(O)n(Cc3ccc(F)cc3)c(SCCC(=O)N3CCN(C(=O)OC(C)(C)C)CC3)c12. The molecule has 5 rings (SSSR count). The van der Waals surface area contributed by atoms with Gasteiger partial charge < -0.3 is 34.1 Å². The molecule has 2 amide bonds. The Bertz CT molecular complexity index is 1660. The number of phenolic OH excluding ortho intramolecular Hbond substituents is 1. The molecule has 2 N–H and O–H groups in total. The number of aromatic hydroxyl groups is 2. The molecule has 3 heterocycles. The molecular weight excluding hydrogens is 575 g/mol. The van der Waals surface area contributed by atoms with Crippen molar-refractivity contribution < 1.29 is 33.7 Å². The number of piperazine rings is 1. The van der Waals surface area contributed by atoms with Crippen LogP contribution in [-0.4, -0.2) is 86.2 Å². The molecule has 43 heavy (non-hydrogen) atoms. The lowest BCUT2D eigenvalue weighted by Gasteiger charge is -2.35. The van der Waals surface area contributed by atoms with Crippen LogP contribution in [0.15, 0.2) is 47.6 Å². The van der Waals surface area contributed by atoms with Gasteiger partial charge in [0.15, 0.2) is 5.75 Å². The highest BCUT2D eigenvalue weighted by Crippen LogP contribution is 2.50. The summed E-state index contributed by atoms with van der Waals surface area (Å²) in [5.41, 5.74) is 0.438. The van der Waals surface area contributed by atoms with Crippen molar-refractivity contribution in [1.29, 1.82) is 0 Å². The van der Waals surface area contributed by atoms with Crippen molar-refractivity contribution in [3.8, 4) is 17.4 Å². The summed E-state index contributed by atoms with van der Waals surface area (Å²) >= 11 is 1.36. The van der Waals surface area contributed by atoms with E-state index < -0.39 is 5.60 Å². The van der Waals surface area contributed by atoms with Gasteiger partial charge in [-0.25, -0.2) is 9.18 Å². The van der Waals surface area contributed by atoms with Gasteiger partial charge in [-0.2, -0.15) is 0 Å². The van der Waals surface area contributed by atoms with E-state index in [4.69, 9.17) is 9.47 Å². The van der Waals surface area contributed by atoms with Gasteiger partial charge in [-0.05, 0) is 50.6 Å². The molecule has 0 aliphatic carbocycles. The normalized spacial score (nSPS) is 14.0. The Balaban J connectivity index is 1.39. The van der Waals surface area contributed by atoms with Crippen molar-refractivity contribution in [2.75, 3.05) is 39.0 Å². The fourth-order valence-corrected chi connectivity index (χ4v) is 6.31. The Morgan fingerprint density at radius 1 is 1.02 bits per heavy atom. The number of phenols is 1. The maximum Gasteiger partial charge on any atom is 0.410 e. The summed E-state index contributed by atoms with van der Waals surface area (Å²) in [6.07, 6.45) is 1.38. The molecular formula is C31H35FN4O6S. The van der Waals surface area contributed by atoms with Crippen molar-refractivity contribution >= 4 is 45.4 Å². The van der Waals surface area contributed by atoms with Crippen LogP contribution in [0.3, 0.4) is 0 Å². The summed E-state index contributed by atoms with van der Waals surface area (Å²) < 4.78 is 26.5. The smallest absolute Gasteiger partial charge is 0.410 e. The minimum Gasteiger partial charge on any atom is -0.505 e. The van der Waals surface area contributed by atoms with Crippen LogP contribution in [0.1, 0.15) is 32.8 Å². The highest BCUT2D eigenvalue weighted by molar-refractivity contribution is 7.99. The zero-order chi connectivity index (χ0) is 30.9. The molecule has 1 aliphatic heterocycles. The van der Waals surface area contributed by atoms with E-state index in [1.165, 1.54) is 31.0 Å². The van der Waals surface area contributed by atoms with Crippen LogP contribution in [0.4, 0.5) is 9.18 Å². The number of benzene rings is 2. The first-order valence-electron chi connectivity index (χ1n) is 14.0. The molecule has 1 fully saturated rings. The maximum absolute atomic E-state index is 13.6. The number of rotatable bonds is 7.